The van der Waals surface area contributed by atoms with E-state index in [-0.39, 0.29) is 35.6 Å². The Labute approximate surface area is 217 Å². The number of amides is 2. The third kappa shape index (κ3) is 7.91. The van der Waals surface area contributed by atoms with Gasteiger partial charge in [-0.2, -0.15) is 0 Å². The van der Waals surface area contributed by atoms with Gasteiger partial charge in [0.05, 0.1) is 18.3 Å². The molecule has 0 saturated carbocycles. The second kappa shape index (κ2) is 12.5. The fourth-order valence-corrected chi connectivity index (χ4v) is 4.48. The van der Waals surface area contributed by atoms with Gasteiger partial charge < -0.3 is 15.0 Å². The Kier molecular flexibility index (Phi) is 10.0. The van der Waals surface area contributed by atoms with Crippen LogP contribution >= 0.6 is 0 Å². The SMILES string of the molecule is CC[C@@H](C)NC(=O)[C@H](C)N(Cc1cccc(C)c1)C(=O)CN(c1cc([N+](=O)[O-])ccc1OC)S(C)(=O)=O. The zero-order valence-electron chi connectivity index (χ0n) is 21.9. The van der Waals surface area contributed by atoms with Crippen LogP contribution in [0.1, 0.15) is 38.3 Å². The van der Waals surface area contributed by atoms with Crippen LogP contribution in [0.5, 0.6) is 5.75 Å². The van der Waals surface area contributed by atoms with Crippen LogP contribution in [0.2, 0.25) is 0 Å². The van der Waals surface area contributed by atoms with Gasteiger partial charge in [-0.1, -0.05) is 36.8 Å². The molecule has 1 N–H and O–H groups in total. The summed E-state index contributed by atoms with van der Waals surface area (Å²) in [6.07, 6.45) is 1.58. The van der Waals surface area contributed by atoms with E-state index in [1.165, 1.54) is 24.1 Å². The Morgan fingerprint density at radius 2 is 1.84 bits per heavy atom. The van der Waals surface area contributed by atoms with E-state index in [4.69, 9.17) is 4.74 Å². The summed E-state index contributed by atoms with van der Waals surface area (Å²) in [5.41, 5.74) is 1.20. The van der Waals surface area contributed by atoms with Crippen LogP contribution in [0.4, 0.5) is 11.4 Å². The highest BCUT2D eigenvalue weighted by atomic mass is 32.2. The third-order valence-electron chi connectivity index (χ3n) is 5.92. The van der Waals surface area contributed by atoms with Crippen molar-refractivity contribution in [1.29, 1.82) is 0 Å². The maximum Gasteiger partial charge on any atom is 0.271 e. The monoisotopic (exact) mass is 534 g/mol. The molecule has 2 amide bonds. The van der Waals surface area contributed by atoms with Gasteiger partial charge in [0.25, 0.3) is 5.69 Å². The lowest BCUT2D eigenvalue weighted by molar-refractivity contribution is -0.384. The van der Waals surface area contributed by atoms with Crippen molar-refractivity contribution in [3.05, 3.63) is 63.7 Å². The summed E-state index contributed by atoms with van der Waals surface area (Å²) in [4.78, 5) is 38.6. The van der Waals surface area contributed by atoms with E-state index < -0.39 is 33.4 Å². The first-order valence-electron chi connectivity index (χ1n) is 11.7. The zero-order chi connectivity index (χ0) is 27.9. The molecular weight excluding hydrogens is 500 g/mol. The van der Waals surface area contributed by atoms with E-state index in [0.717, 1.165) is 27.8 Å². The highest BCUT2D eigenvalue weighted by Gasteiger charge is 2.32. The molecule has 0 spiro atoms. The van der Waals surface area contributed by atoms with E-state index in [9.17, 15) is 28.1 Å². The third-order valence-corrected chi connectivity index (χ3v) is 7.05. The maximum absolute atomic E-state index is 13.6. The molecule has 0 heterocycles. The van der Waals surface area contributed by atoms with Crippen LogP contribution < -0.4 is 14.4 Å². The Morgan fingerprint density at radius 3 is 2.38 bits per heavy atom. The number of aryl methyl sites for hydroxylation is 1. The van der Waals surface area contributed by atoms with Crippen molar-refractivity contribution in [3.8, 4) is 5.75 Å². The molecule has 0 radical (unpaired) electrons. The number of nitro groups is 1. The molecule has 2 aromatic rings. The highest BCUT2D eigenvalue weighted by Crippen LogP contribution is 2.33. The van der Waals surface area contributed by atoms with Gasteiger partial charge in [0.1, 0.15) is 24.0 Å². The summed E-state index contributed by atoms with van der Waals surface area (Å²) < 4.78 is 31.5. The summed E-state index contributed by atoms with van der Waals surface area (Å²) in [6, 6.07) is 9.85. The molecule has 0 aliphatic carbocycles. The molecule has 11 nitrogen and oxygen atoms in total. The Bertz CT molecular complexity index is 1250. The van der Waals surface area contributed by atoms with Crippen LogP contribution in [0.25, 0.3) is 0 Å². The van der Waals surface area contributed by atoms with Gasteiger partial charge in [-0.05, 0) is 38.8 Å². The Hall–Kier alpha value is -3.67. The number of rotatable bonds is 12. The summed E-state index contributed by atoms with van der Waals surface area (Å²) >= 11 is 0. The van der Waals surface area contributed by atoms with E-state index in [2.05, 4.69) is 5.32 Å². The molecule has 2 aromatic carbocycles. The van der Waals surface area contributed by atoms with Crippen LogP contribution in [0.3, 0.4) is 0 Å². The molecule has 0 aromatic heterocycles. The number of carbonyl (C=O) groups excluding carboxylic acids is 2. The van der Waals surface area contributed by atoms with Gasteiger partial charge in [-0.25, -0.2) is 8.42 Å². The summed E-state index contributed by atoms with van der Waals surface area (Å²) in [5.74, 6) is -1.00. The van der Waals surface area contributed by atoms with Gasteiger partial charge in [0.15, 0.2) is 0 Å². The van der Waals surface area contributed by atoms with Crippen molar-refractivity contribution in [1.82, 2.24) is 10.2 Å². The number of nitro benzene ring substituents is 1. The minimum Gasteiger partial charge on any atom is -0.495 e. The fourth-order valence-electron chi connectivity index (χ4n) is 3.64. The lowest BCUT2D eigenvalue weighted by atomic mass is 10.1. The average Bonchev–Trinajstić information content (AvgIpc) is 2.83. The maximum atomic E-state index is 13.6. The fraction of sp³-hybridized carbons (Fsp3) is 0.440. The molecule has 0 aliphatic heterocycles. The molecule has 202 valence electrons. The number of ether oxygens (including phenoxy) is 1. The molecule has 12 heteroatoms. The number of nitrogens with zero attached hydrogens (tertiary/aromatic N) is 3. The number of carbonyl (C=O) groups is 2. The molecule has 0 bridgehead atoms. The first-order valence-corrected chi connectivity index (χ1v) is 13.6. The van der Waals surface area contributed by atoms with E-state index in [1.54, 1.807) is 6.92 Å². The number of hydrogen-bond donors (Lipinski definition) is 1. The van der Waals surface area contributed by atoms with E-state index in [0.29, 0.717) is 6.42 Å². The number of hydrogen-bond acceptors (Lipinski definition) is 7. The smallest absolute Gasteiger partial charge is 0.271 e. The van der Waals surface area contributed by atoms with Crippen molar-refractivity contribution >= 4 is 33.2 Å². The summed E-state index contributed by atoms with van der Waals surface area (Å²) in [6.45, 7) is 6.60. The highest BCUT2D eigenvalue weighted by molar-refractivity contribution is 7.92. The average molecular weight is 535 g/mol. The first kappa shape index (κ1) is 29.6. The second-order valence-corrected chi connectivity index (χ2v) is 10.8. The summed E-state index contributed by atoms with van der Waals surface area (Å²) in [7, 11) is -2.80. The predicted molar refractivity (Wildman–Crippen MR) is 141 cm³/mol. The van der Waals surface area contributed by atoms with E-state index >= 15 is 0 Å². The van der Waals surface area contributed by atoms with Crippen LogP contribution in [0.15, 0.2) is 42.5 Å². The number of methoxy groups -OCH3 is 1. The number of nitrogens with one attached hydrogen (secondary N) is 1. The number of anilines is 1. The van der Waals surface area contributed by atoms with Crippen molar-refractivity contribution in [2.75, 3.05) is 24.2 Å². The quantitative estimate of drug-likeness (QED) is 0.326. The normalized spacial score (nSPS) is 12.8. The zero-order valence-corrected chi connectivity index (χ0v) is 22.7. The predicted octanol–water partition coefficient (Wildman–Crippen LogP) is 3.01. The number of non-ortho nitro benzene ring substituents is 1. The van der Waals surface area contributed by atoms with Crippen molar-refractivity contribution in [2.45, 2.75) is 52.7 Å². The first-order chi connectivity index (χ1) is 17.3. The minimum atomic E-state index is -4.09. The van der Waals surface area contributed by atoms with Crippen LogP contribution in [0, 0.1) is 17.0 Å². The number of benzene rings is 2. The van der Waals surface area contributed by atoms with Gasteiger partial charge >= 0.3 is 0 Å². The van der Waals surface area contributed by atoms with Gasteiger partial charge in [0, 0.05) is 24.7 Å². The summed E-state index contributed by atoms with van der Waals surface area (Å²) in [5, 5.41) is 14.2. The van der Waals surface area contributed by atoms with Crippen molar-refractivity contribution < 1.29 is 27.7 Å². The van der Waals surface area contributed by atoms with Crippen LogP contribution in [-0.4, -0.2) is 62.0 Å². The topological polar surface area (TPSA) is 139 Å². The largest absolute Gasteiger partial charge is 0.495 e. The second-order valence-electron chi connectivity index (χ2n) is 8.89. The lowest BCUT2D eigenvalue weighted by Gasteiger charge is -2.32. The van der Waals surface area contributed by atoms with Crippen molar-refractivity contribution in [2.24, 2.45) is 0 Å². The molecule has 37 heavy (non-hydrogen) atoms. The molecular formula is C25H34N4O7S. The molecule has 0 unspecified atom stereocenters. The van der Waals surface area contributed by atoms with E-state index in [1.807, 2.05) is 45.0 Å². The molecule has 2 atom stereocenters. The van der Waals surface area contributed by atoms with Crippen LogP contribution in [-0.2, 0) is 26.2 Å². The Morgan fingerprint density at radius 1 is 1.16 bits per heavy atom. The standard InChI is InChI=1S/C25H34N4O7S/c1-7-18(3)26-25(31)19(4)27(15-20-10-8-9-17(2)13-20)24(30)16-28(37(6,34)35)22-14-21(29(32)33)11-12-23(22)36-5/h8-14,18-19H,7,15-16H2,1-6H3,(H,26,31)/t18-,19+/m1/s1. The van der Waals surface area contributed by atoms with Gasteiger partial charge in [0.2, 0.25) is 21.8 Å². The number of sulfonamides is 1. The molecule has 0 aliphatic rings. The molecule has 0 fully saturated rings. The van der Waals surface area contributed by atoms with Gasteiger partial charge in [-0.15, -0.1) is 0 Å². The van der Waals surface area contributed by atoms with Gasteiger partial charge in [-0.3, -0.25) is 24.0 Å². The van der Waals surface area contributed by atoms with Crippen molar-refractivity contribution in [3.63, 3.8) is 0 Å². The Balaban J connectivity index is 2.51. The lowest BCUT2D eigenvalue weighted by Crippen LogP contribution is -2.52. The molecule has 0 saturated heterocycles. The minimum absolute atomic E-state index is 0.0385. The molecule has 2 rings (SSSR count).